The van der Waals surface area contributed by atoms with Crippen molar-refractivity contribution < 1.29 is 24.5 Å². The Labute approximate surface area is 182 Å². The lowest BCUT2D eigenvalue weighted by Gasteiger charge is -2.11. The number of ether oxygens (including phenoxy) is 2. The van der Waals surface area contributed by atoms with Gasteiger partial charge in [-0.05, 0) is 29.7 Å². The van der Waals surface area contributed by atoms with Crippen molar-refractivity contribution in [3.05, 3.63) is 95.6 Å². The first-order valence-electron chi connectivity index (χ1n) is 10.0. The number of methoxy groups -OCH3 is 1. The van der Waals surface area contributed by atoms with Gasteiger partial charge in [0.1, 0.15) is 11.5 Å². The molecular formula is C25H29NO5. The van der Waals surface area contributed by atoms with Crippen molar-refractivity contribution in [3.8, 4) is 11.5 Å². The van der Waals surface area contributed by atoms with Crippen molar-refractivity contribution in [1.29, 1.82) is 0 Å². The Hall–Kier alpha value is -3.35. The average Bonchev–Trinajstić information content (AvgIpc) is 2.82. The normalized spacial score (nSPS) is 10.2. The molecule has 0 saturated heterocycles. The summed E-state index contributed by atoms with van der Waals surface area (Å²) in [6.07, 6.45) is 0.547. The van der Waals surface area contributed by atoms with Crippen LogP contribution >= 0.6 is 0 Å². The van der Waals surface area contributed by atoms with Crippen LogP contribution in [0.5, 0.6) is 11.5 Å². The minimum absolute atomic E-state index is 0.0163. The van der Waals surface area contributed by atoms with Gasteiger partial charge in [0.15, 0.2) is 0 Å². The zero-order valence-electron chi connectivity index (χ0n) is 17.6. The number of rotatable bonds is 9. The second-order valence-corrected chi connectivity index (χ2v) is 6.78. The first-order valence-corrected chi connectivity index (χ1v) is 10.0. The largest absolute Gasteiger partial charge is 0.496 e. The van der Waals surface area contributed by atoms with Crippen LogP contribution in [0.15, 0.2) is 78.9 Å². The zero-order chi connectivity index (χ0) is 22.5. The standard InChI is InChI=1S/C13H13N.C12H16O5/c14-13(11-7-3-1-4-8-11)12-9-5-2-6-10-12;1-16-11-7-10(5-4-9(11)8-13)17-6-2-3-12(14)15/h1-10,13H,14H2;4-5,7,13H,2-3,6,8H2,1H3,(H,14,15). The van der Waals surface area contributed by atoms with Gasteiger partial charge in [-0.25, -0.2) is 0 Å². The number of nitrogens with two attached hydrogens (primary N) is 1. The molecular weight excluding hydrogens is 394 g/mol. The van der Waals surface area contributed by atoms with Crippen LogP contribution in [-0.4, -0.2) is 29.9 Å². The summed E-state index contributed by atoms with van der Waals surface area (Å²) in [7, 11) is 1.52. The highest BCUT2D eigenvalue weighted by atomic mass is 16.5. The molecule has 0 aromatic heterocycles. The number of carboxylic acids is 1. The van der Waals surface area contributed by atoms with Crippen LogP contribution in [0.3, 0.4) is 0 Å². The van der Waals surface area contributed by atoms with Crippen molar-refractivity contribution in [3.63, 3.8) is 0 Å². The van der Waals surface area contributed by atoms with Gasteiger partial charge in [0.25, 0.3) is 0 Å². The van der Waals surface area contributed by atoms with Crippen molar-refractivity contribution in [2.24, 2.45) is 5.73 Å². The van der Waals surface area contributed by atoms with Gasteiger partial charge in [0, 0.05) is 18.1 Å². The minimum atomic E-state index is -0.832. The number of carboxylic acid groups (broad SMARTS) is 1. The van der Waals surface area contributed by atoms with Crippen LogP contribution in [0, 0.1) is 0 Å². The summed E-state index contributed by atoms with van der Waals surface area (Å²) in [6.45, 7) is 0.246. The second kappa shape index (κ2) is 13.1. The Bertz CT molecular complexity index is 876. The molecule has 6 heteroatoms. The van der Waals surface area contributed by atoms with Crippen LogP contribution in [0.1, 0.15) is 35.6 Å². The third-order valence-corrected chi connectivity index (χ3v) is 4.55. The zero-order valence-corrected chi connectivity index (χ0v) is 17.6. The van der Waals surface area contributed by atoms with Crippen molar-refractivity contribution in [2.75, 3.05) is 13.7 Å². The molecule has 0 spiro atoms. The smallest absolute Gasteiger partial charge is 0.303 e. The number of hydrogen-bond donors (Lipinski definition) is 3. The molecule has 164 valence electrons. The number of benzene rings is 3. The molecule has 0 aliphatic heterocycles. The van der Waals surface area contributed by atoms with E-state index < -0.39 is 5.97 Å². The SMILES string of the molecule is COc1cc(OCCCC(=O)O)ccc1CO.NC(c1ccccc1)c1ccccc1. The molecule has 0 heterocycles. The number of hydrogen-bond acceptors (Lipinski definition) is 5. The summed E-state index contributed by atoms with van der Waals surface area (Å²) in [5.41, 5.74) is 9.10. The van der Waals surface area contributed by atoms with Crippen LogP contribution < -0.4 is 15.2 Å². The molecule has 3 rings (SSSR count). The van der Waals surface area contributed by atoms with E-state index in [1.54, 1.807) is 18.2 Å². The molecule has 6 nitrogen and oxygen atoms in total. The van der Waals surface area contributed by atoms with Gasteiger partial charge >= 0.3 is 5.97 Å². The molecule has 0 bridgehead atoms. The molecule has 0 saturated carbocycles. The summed E-state index contributed by atoms with van der Waals surface area (Å²) in [5.74, 6) is 0.328. The van der Waals surface area contributed by atoms with Crippen LogP contribution in [0.25, 0.3) is 0 Å². The molecule has 3 aromatic carbocycles. The summed E-state index contributed by atoms with van der Waals surface area (Å²) >= 11 is 0. The fraction of sp³-hybridized carbons (Fsp3) is 0.240. The van der Waals surface area contributed by atoms with Gasteiger partial charge in [-0.15, -0.1) is 0 Å². The van der Waals surface area contributed by atoms with Gasteiger partial charge < -0.3 is 25.4 Å². The molecule has 0 amide bonds. The van der Waals surface area contributed by atoms with Crippen molar-refractivity contribution in [2.45, 2.75) is 25.5 Å². The van der Waals surface area contributed by atoms with Gasteiger partial charge in [-0.3, -0.25) is 4.79 Å². The van der Waals surface area contributed by atoms with E-state index in [0.29, 0.717) is 30.1 Å². The fourth-order valence-electron chi connectivity index (χ4n) is 2.87. The summed E-state index contributed by atoms with van der Waals surface area (Å²) in [6, 6.07) is 25.4. The molecule has 3 aromatic rings. The van der Waals surface area contributed by atoms with Gasteiger partial charge in [0.05, 0.1) is 26.4 Å². The maximum absolute atomic E-state index is 10.3. The number of carbonyl (C=O) groups is 1. The lowest BCUT2D eigenvalue weighted by atomic mass is 10.00. The lowest BCUT2D eigenvalue weighted by molar-refractivity contribution is -0.137. The predicted octanol–water partition coefficient (Wildman–Crippen LogP) is 4.17. The van der Waals surface area contributed by atoms with Gasteiger partial charge in [-0.2, -0.15) is 0 Å². The Morgan fingerprint density at radius 2 is 1.55 bits per heavy atom. The summed E-state index contributed by atoms with van der Waals surface area (Å²) in [5, 5.41) is 17.5. The second-order valence-electron chi connectivity index (χ2n) is 6.78. The van der Waals surface area contributed by atoms with Crippen LogP contribution in [0.4, 0.5) is 0 Å². The molecule has 0 aliphatic carbocycles. The maximum atomic E-state index is 10.3. The highest BCUT2D eigenvalue weighted by molar-refractivity contribution is 5.66. The quantitative estimate of drug-likeness (QED) is 0.447. The number of aliphatic hydroxyl groups is 1. The molecule has 4 N–H and O–H groups in total. The predicted molar refractivity (Wildman–Crippen MR) is 120 cm³/mol. The van der Waals surface area contributed by atoms with E-state index in [1.165, 1.54) is 7.11 Å². The molecule has 0 unspecified atom stereocenters. The topological polar surface area (TPSA) is 102 Å². The summed E-state index contributed by atoms with van der Waals surface area (Å²) < 4.78 is 10.5. The lowest BCUT2D eigenvalue weighted by Crippen LogP contribution is -2.11. The Morgan fingerprint density at radius 1 is 0.968 bits per heavy atom. The number of aliphatic hydroxyl groups excluding tert-OH is 1. The maximum Gasteiger partial charge on any atom is 0.303 e. The van der Waals surface area contributed by atoms with Crippen molar-refractivity contribution >= 4 is 5.97 Å². The molecule has 31 heavy (non-hydrogen) atoms. The summed E-state index contributed by atoms with van der Waals surface area (Å²) in [4.78, 5) is 10.3. The third kappa shape index (κ3) is 8.12. The van der Waals surface area contributed by atoms with E-state index in [-0.39, 0.29) is 19.1 Å². The van der Waals surface area contributed by atoms with Crippen molar-refractivity contribution in [1.82, 2.24) is 0 Å². The Kier molecular flexibility index (Phi) is 10.1. The van der Waals surface area contributed by atoms with E-state index >= 15 is 0 Å². The van der Waals surface area contributed by atoms with Gasteiger partial charge in [-0.1, -0.05) is 60.7 Å². The van der Waals surface area contributed by atoms with Crippen LogP contribution in [-0.2, 0) is 11.4 Å². The Balaban J connectivity index is 0.000000224. The average molecular weight is 424 g/mol. The first-order chi connectivity index (χ1) is 15.0. The highest BCUT2D eigenvalue weighted by Gasteiger charge is 2.06. The van der Waals surface area contributed by atoms with E-state index in [4.69, 9.17) is 25.4 Å². The van der Waals surface area contributed by atoms with E-state index in [0.717, 1.165) is 11.1 Å². The van der Waals surface area contributed by atoms with E-state index in [9.17, 15) is 4.79 Å². The molecule has 0 aliphatic rings. The molecule has 0 radical (unpaired) electrons. The monoisotopic (exact) mass is 423 g/mol. The van der Waals surface area contributed by atoms with Gasteiger partial charge in [0.2, 0.25) is 0 Å². The molecule has 0 fully saturated rings. The fourth-order valence-corrected chi connectivity index (χ4v) is 2.87. The highest BCUT2D eigenvalue weighted by Crippen LogP contribution is 2.24. The third-order valence-electron chi connectivity index (χ3n) is 4.55. The van der Waals surface area contributed by atoms with E-state index in [2.05, 4.69) is 24.3 Å². The Morgan fingerprint density at radius 3 is 2.03 bits per heavy atom. The molecule has 0 atom stereocenters. The minimum Gasteiger partial charge on any atom is -0.496 e. The van der Waals surface area contributed by atoms with Crippen LogP contribution in [0.2, 0.25) is 0 Å². The first kappa shape index (κ1) is 23.9. The number of aliphatic carboxylic acids is 1. The van der Waals surface area contributed by atoms with E-state index in [1.807, 2.05) is 36.4 Å².